The summed E-state index contributed by atoms with van der Waals surface area (Å²) < 4.78 is 24.2. The number of rotatable bonds is 3. The van der Waals surface area contributed by atoms with Crippen LogP contribution in [-0.2, 0) is 4.74 Å². The van der Waals surface area contributed by atoms with Crippen LogP contribution < -0.4 is 4.74 Å². The number of methoxy groups -OCH3 is 1. The van der Waals surface area contributed by atoms with E-state index in [2.05, 4.69) is 0 Å². The van der Waals surface area contributed by atoms with E-state index >= 15 is 0 Å². The number of hydrogen-bond acceptors (Lipinski definition) is 2. The normalized spacial score (nSPS) is 22.2. The van der Waals surface area contributed by atoms with Crippen molar-refractivity contribution in [1.29, 1.82) is 0 Å². The molecular formula is C13H16ClFO2. The molecule has 1 fully saturated rings. The maximum Gasteiger partial charge on any atom is 0.131 e. The Morgan fingerprint density at radius 1 is 1.53 bits per heavy atom. The molecule has 1 heterocycles. The van der Waals surface area contributed by atoms with E-state index in [0.717, 1.165) is 19.4 Å². The molecular weight excluding hydrogens is 243 g/mol. The summed E-state index contributed by atoms with van der Waals surface area (Å²) in [6, 6.07) is 4.80. The minimum absolute atomic E-state index is 0.188. The van der Waals surface area contributed by atoms with Gasteiger partial charge in [-0.15, -0.1) is 11.6 Å². The summed E-state index contributed by atoms with van der Waals surface area (Å²) in [4.78, 5) is 0. The van der Waals surface area contributed by atoms with E-state index in [9.17, 15) is 4.39 Å². The van der Waals surface area contributed by atoms with Gasteiger partial charge in [0, 0.05) is 24.2 Å². The fraction of sp³-hybridized carbons (Fsp3) is 0.538. The van der Waals surface area contributed by atoms with E-state index in [1.54, 1.807) is 12.1 Å². The molecule has 1 aliphatic heterocycles. The summed E-state index contributed by atoms with van der Waals surface area (Å²) in [6.07, 6.45) is 1.98. The zero-order valence-corrected chi connectivity index (χ0v) is 10.5. The summed E-state index contributed by atoms with van der Waals surface area (Å²) in [5.74, 6) is 0.387. The van der Waals surface area contributed by atoms with Gasteiger partial charge in [-0.1, -0.05) is 6.07 Å². The molecule has 0 bridgehead atoms. The van der Waals surface area contributed by atoms with Crippen LogP contribution in [0.25, 0.3) is 0 Å². The topological polar surface area (TPSA) is 18.5 Å². The summed E-state index contributed by atoms with van der Waals surface area (Å²) >= 11 is 6.33. The first-order valence-electron chi connectivity index (χ1n) is 5.77. The predicted octanol–water partition coefficient (Wildman–Crippen LogP) is 3.54. The van der Waals surface area contributed by atoms with Crippen LogP contribution >= 0.6 is 11.6 Å². The maximum absolute atomic E-state index is 13.8. The first-order chi connectivity index (χ1) is 8.22. The summed E-state index contributed by atoms with van der Waals surface area (Å²) in [7, 11) is 1.52. The van der Waals surface area contributed by atoms with Crippen molar-refractivity contribution in [2.24, 2.45) is 5.92 Å². The molecule has 2 nitrogen and oxygen atoms in total. The Labute approximate surface area is 106 Å². The van der Waals surface area contributed by atoms with Crippen molar-refractivity contribution in [2.45, 2.75) is 18.2 Å². The van der Waals surface area contributed by atoms with Crippen molar-refractivity contribution in [1.82, 2.24) is 0 Å². The van der Waals surface area contributed by atoms with Crippen molar-refractivity contribution in [3.8, 4) is 5.75 Å². The van der Waals surface area contributed by atoms with Gasteiger partial charge in [-0.05, 0) is 18.9 Å². The quantitative estimate of drug-likeness (QED) is 0.772. The van der Waals surface area contributed by atoms with Crippen LogP contribution in [0.1, 0.15) is 23.8 Å². The van der Waals surface area contributed by atoms with Gasteiger partial charge in [0.1, 0.15) is 11.6 Å². The second kappa shape index (κ2) is 5.69. The molecule has 4 heteroatoms. The van der Waals surface area contributed by atoms with E-state index in [-0.39, 0.29) is 17.1 Å². The van der Waals surface area contributed by atoms with Gasteiger partial charge in [0.15, 0.2) is 0 Å². The molecule has 2 atom stereocenters. The van der Waals surface area contributed by atoms with Crippen LogP contribution in [0.15, 0.2) is 18.2 Å². The number of benzene rings is 1. The molecule has 1 saturated heterocycles. The highest BCUT2D eigenvalue weighted by atomic mass is 35.5. The molecule has 94 valence electrons. The minimum Gasteiger partial charge on any atom is -0.497 e. The molecule has 17 heavy (non-hydrogen) atoms. The first-order valence-corrected chi connectivity index (χ1v) is 6.21. The Bertz CT molecular complexity index is 378. The van der Waals surface area contributed by atoms with Gasteiger partial charge in [-0.3, -0.25) is 0 Å². The Kier molecular flexibility index (Phi) is 4.24. The van der Waals surface area contributed by atoms with Crippen LogP contribution in [-0.4, -0.2) is 20.3 Å². The highest BCUT2D eigenvalue weighted by Gasteiger charge is 2.26. The number of halogens is 2. The molecule has 1 aromatic carbocycles. The van der Waals surface area contributed by atoms with Gasteiger partial charge in [0.25, 0.3) is 0 Å². The average Bonchev–Trinajstić information content (AvgIpc) is 2.39. The van der Waals surface area contributed by atoms with Crippen molar-refractivity contribution >= 4 is 11.6 Å². The van der Waals surface area contributed by atoms with Gasteiger partial charge in [-0.2, -0.15) is 0 Å². The summed E-state index contributed by atoms with van der Waals surface area (Å²) in [6.45, 7) is 1.39. The van der Waals surface area contributed by atoms with Crippen LogP contribution in [0.3, 0.4) is 0 Å². The Balaban J connectivity index is 2.15. The van der Waals surface area contributed by atoms with E-state index in [1.165, 1.54) is 13.2 Å². The van der Waals surface area contributed by atoms with Crippen molar-refractivity contribution in [3.63, 3.8) is 0 Å². The van der Waals surface area contributed by atoms with Gasteiger partial charge < -0.3 is 9.47 Å². The fourth-order valence-corrected chi connectivity index (χ4v) is 2.48. The van der Waals surface area contributed by atoms with Crippen LogP contribution in [0.4, 0.5) is 4.39 Å². The molecule has 0 aliphatic carbocycles. The average molecular weight is 259 g/mol. The second-order valence-electron chi connectivity index (χ2n) is 4.27. The molecule has 1 aliphatic rings. The van der Waals surface area contributed by atoms with E-state index in [4.69, 9.17) is 21.1 Å². The molecule has 0 radical (unpaired) electrons. The first kappa shape index (κ1) is 12.7. The van der Waals surface area contributed by atoms with Crippen molar-refractivity contribution in [2.75, 3.05) is 20.3 Å². The van der Waals surface area contributed by atoms with E-state index < -0.39 is 0 Å². The molecule has 0 aromatic heterocycles. The number of alkyl halides is 1. The van der Waals surface area contributed by atoms with E-state index in [0.29, 0.717) is 17.9 Å². The molecule has 2 rings (SSSR count). The summed E-state index contributed by atoms with van der Waals surface area (Å²) in [5, 5.41) is -0.332. The zero-order valence-electron chi connectivity index (χ0n) is 9.79. The lowest BCUT2D eigenvalue weighted by atomic mass is 9.93. The highest BCUT2D eigenvalue weighted by molar-refractivity contribution is 6.21. The molecule has 0 saturated carbocycles. The number of hydrogen-bond donors (Lipinski definition) is 0. The monoisotopic (exact) mass is 258 g/mol. The predicted molar refractivity (Wildman–Crippen MR) is 65.1 cm³/mol. The third kappa shape index (κ3) is 2.90. The summed E-state index contributed by atoms with van der Waals surface area (Å²) in [5.41, 5.74) is 0.531. The second-order valence-corrected chi connectivity index (χ2v) is 4.74. The smallest absolute Gasteiger partial charge is 0.131 e. The highest BCUT2D eigenvalue weighted by Crippen LogP contribution is 2.36. The Hall–Kier alpha value is -0.800. The Morgan fingerprint density at radius 2 is 2.35 bits per heavy atom. The van der Waals surface area contributed by atoms with Gasteiger partial charge in [0.05, 0.1) is 19.1 Å². The lowest BCUT2D eigenvalue weighted by Crippen LogP contribution is -2.21. The third-order valence-corrected chi connectivity index (χ3v) is 3.71. The van der Waals surface area contributed by atoms with Gasteiger partial charge in [-0.25, -0.2) is 4.39 Å². The van der Waals surface area contributed by atoms with E-state index in [1.807, 2.05) is 0 Å². The van der Waals surface area contributed by atoms with Crippen LogP contribution in [0, 0.1) is 11.7 Å². The molecule has 0 N–H and O–H groups in total. The Morgan fingerprint density at radius 3 is 2.94 bits per heavy atom. The molecule has 2 unspecified atom stereocenters. The molecule has 0 amide bonds. The van der Waals surface area contributed by atoms with Gasteiger partial charge >= 0.3 is 0 Å². The standard InChI is InChI=1S/C13H16ClFO2/c1-16-10-4-5-11(12(15)7-10)13(14)9-3-2-6-17-8-9/h4-5,7,9,13H,2-3,6,8H2,1H3. The zero-order chi connectivity index (χ0) is 12.3. The largest absolute Gasteiger partial charge is 0.497 e. The lowest BCUT2D eigenvalue weighted by Gasteiger charge is -2.26. The number of ether oxygens (including phenoxy) is 2. The molecule has 0 spiro atoms. The van der Waals surface area contributed by atoms with Crippen molar-refractivity contribution in [3.05, 3.63) is 29.6 Å². The van der Waals surface area contributed by atoms with Crippen LogP contribution in [0.2, 0.25) is 0 Å². The van der Waals surface area contributed by atoms with Crippen LogP contribution in [0.5, 0.6) is 5.75 Å². The molecule has 1 aromatic rings. The van der Waals surface area contributed by atoms with Crippen molar-refractivity contribution < 1.29 is 13.9 Å². The minimum atomic E-state index is -0.332. The maximum atomic E-state index is 13.8. The lowest BCUT2D eigenvalue weighted by molar-refractivity contribution is 0.0528. The SMILES string of the molecule is COc1ccc(C(Cl)C2CCCOC2)c(F)c1. The van der Waals surface area contributed by atoms with Gasteiger partial charge in [0.2, 0.25) is 0 Å². The fourth-order valence-electron chi connectivity index (χ4n) is 2.11. The third-order valence-electron chi connectivity index (χ3n) is 3.11.